The first-order valence-electron chi connectivity index (χ1n) is 6.03. The number of nitrogens with zero attached hydrogens (tertiary/aromatic N) is 1. The zero-order valence-electron chi connectivity index (χ0n) is 10.7. The lowest BCUT2D eigenvalue weighted by atomic mass is 10.1. The molecule has 4 heteroatoms. The molecule has 0 aliphatic heterocycles. The van der Waals surface area contributed by atoms with E-state index in [0.717, 1.165) is 20.8 Å². The quantitative estimate of drug-likeness (QED) is 0.677. The number of aromatic nitrogens is 1. The lowest BCUT2D eigenvalue weighted by Crippen LogP contribution is -1.94. The van der Waals surface area contributed by atoms with Crippen LogP contribution in [0.4, 0.5) is 10.8 Å². The van der Waals surface area contributed by atoms with E-state index in [1.165, 1.54) is 15.8 Å². The van der Waals surface area contributed by atoms with E-state index in [0.29, 0.717) is 0 Å². The molecule has 19 heavy (non-hydrogen) atoms. The average molecular weight is 333 g/mol. The Kier molecular flexibility index (Phi) is 3.29. The number of aryl methyl sites for hydroxylation is 2. The van der Waals surface area contributed by atoms with Gasteiger partial charge in [-0.15, -0.1) is 0 Å². The summed E-state index contributed by atoms with van der Waals surface area (Å²) in [5, 5.41) is 4.34. The average Bonchev–Trinajstić information content (AvgIpc) is 2.76. The van der Waals surface area contributed by atoms with Gasteiger partial charge in [0.05, 0.1) is 15.9 Å². The van der Waals surface area contributed by atoms with Gasteiger partial charge in [-0.2, -0.15) is 0 Å². The van der Waals surface area contributed by atoms with Crippen molar-refractivity contribution >= 4 is 48.3 Å². The Morgan fingerprint density at radius 2 is 1.95 bits per heavy atom. The van der Waals surface area contributed by atoms with E-state index in [-0.39, 0.29) is 0 Å². The number of halogens is 1. The predicted molar refractivity (Wildman–Crippen MR) is 86.5 cm³/mol. The molecule has 0 amide bonds. The Hall–Kier alpha value is -1.39. The summed E-state index contributed by atoms with van der Waals surface area (Å²) in [4.78, 5) is 4.60. The molecule has 0 spiro atoms. The van der Waals surface area contributed by atoms with E-state index in [4.69, 9.17) is 0 Å². The number of rotatable bonds is 2. The molecule has 0 radical (unpaired) electrons. The van der Waals surface area contributed by atoms with Gasteiger partial charge in [0.2, 0.25) is 0 Å². The van der Waals surface area contributed by atoms with Crippen LogP contribution in [0.2, 0.25) is 0 Å². The number of fused-ring (bicyclic) bond motifs is 1. The Morgan fingerprint density at radius 3 is 2.68 bits per heavy atom. The van der Waals surface area contributed by atoms with Crippen molar-refractivity contribution in [3.63, 3.8) is 0 Å². The van der Waals surface area contributed by atoms with Crippen LogP contribution in [0.3, 0.4) is 0 Å². The minimum absolute atomic E-state index is 0.925. The molecule has 2 aromatic carbocycles. The van der Waals surface area contributed by atoms with Crippen LogP contribution in [-0.2, 0) is 0 Å². The van der Waals surface area contributed by atoms with Gasteiger partial charge in [-0.1, -0.05) is 29.5 Å². The maximum Gasteiger partial charge on any atom is 0.188 e. The maximum absolute atomic E-state index is 4.60. The summed E-state index contributed by atoms with van der Waals surface area (Å²) in [6, 6.07) is 12.5. The SMILES string of the molecule is Cc1cc(C)c(Nc2nc3ccccc3s2)c(Br)c1. The van der Waals surface area contributed by atoms with Gasteiger partial charge in [0.1, 0.15) is 0 Å². The second-order valence-electron chi connectivity index (χ2n) is 4.55. The number of benzene rings is 2. The number of para-hydroxylation sites is 1. The number of hydrogen-bond acceptors (Lipinski definition) is 3. The largest absolute Gasteiger partial charge is 0.330 e. The topological polar surface area (TPSA) is 24.9 Å². The molecule has 0 aliphatic carbocycles. The summed E-state index contributed by atoms with van der Waals surface area (Å²) < 4.78 is 2.27. The molecule has 96 valence electrons. The first-order valence-corrected chi connectivity index (χ1v) is 7.64. The number of hydrogen-bond donors (Lipinski definition) is 1. The Balaban J connectivity index is 2.01. The van der Waals surface area contributed by atoms with E-state index in [1.807, 2.05) is 18.2 Å². The van der Waals surface area contributed by atoms with E-state index in [1.54, 1.807) is 11.3 Å². The lowest BCUT2D eigenvalue weighted by molar-refractivity contribution is 1.34. The molecular weight excluding hydrogens is 320 g/mol. The van der Waals surface area contributed by atoms with Gasteiger partial charge in [-0.05, 0) is 59.1 Å². The summed E-state index contributed by atoms with van der Waals surface area (Å²) in [5.41, 5.74) is 4.59. The Morgan fingerprint density at radius 1 is 1.16 bits per heavy atom. The first-order chi connectivity index (χ1) is 9.13. The fourth-order valence-corrected chi connectivity index (χ4v) is 3.75. The van der Waals surface area contributed by atoms with Crippen molar-refractivity contribution in [2.75, 3.05) is 5.32 Å². The monoisotopic (exact) mass is 332 g/mol. The van der Waals surface area contributed by atoms with Crippen molar-refractivity contribution in [2.24, 2.45) is 0 Å². The number of nitrogens with one attached hydrogen (secondary N) is 1. The van der Waals surface area contributed by atoms with Crippen LogP contribution >= 0.6 is 27.3 Å². The molecule has 1 heterocycles. The summed E-state index contributed by atoms with van der Waals surface area (Å²) >= 11 is 5.28. The molecule has 0 saturated carbocycles. The smallest absolute Gasteiger partial charge is 0.188 e. The van der Waals surface area contributed by atoms with Gasteiger partial charge < -0.3 is 5.32 Å². The van der Waals surface area contributed by atoms with Gasteiger partial charge in [0.15, 0.2) is 5.13 Å². The van der Waals surface area contributed by atoms with Crippen molar-refractivity contribution < 1.29 is 0 Å². The fourth-order valence-electron chi connectivity index (χ4n) is 2.11. The van der Waals surface area contributed by atoms with Crippen molar-refractivity contribution in [3.8, 4) is 0 Å². The number of anilines is 2. The zero-order chi connectivity index (χ0) is 13.4. The third kappa shape index (κ3) is 2.51. The van der Waals surface area contributed by atoms with Crippen LogP contribution < -0.4 is 5.32 Å². The highest BCUT2D eigenvalue weighted by Gasteiger charge is 2.08. The van der Waals surface area contributed by atoms with Gasteiger partial charge in [0.25, 0.3) is 0 Å². The minimum atomic E-state index is 0.925. The molecule has 3 rings (SSSR count). The van der Waals surface area contributed by atoms with Gasteiger partial charge in [-0.25, -0.2) is 4.98 Å². The van der Waals surface area contributed by atoms with Crippen LogP contribution in [0, 0.1) is 13.8 Å². The Bertz CT molecular complexity index is 693. The third-order valence-corrected chi connectivity index (χ3v) is 4.53. The van der Waals surface area contributed by atoms with E-state index in [2.05, 4.69) is 58.3 Å². The molecule has 0 unspecified atom stereocenters. The van der Waals surface area contributed by atoms with Crippen LogP contribution in [0.1, 0.15) is 11.1 Å². The van der Waals surface area contributed by atoms with E-state index < -0.39 is 0 Å². The van der Waals surface area contributed by atoms with Crippen molar-refractivity contribution in [3.05, 3.63) is 52.0 Å². The number of thiazole rings is 1. The van der Waals surface area contributed by atoms with Gasteiger partial charge in [0, 0.05) is 4.47 Å². The summed E-state index contributed by atoms with van der Waals surface area (Å²) in [7, 11) is 0. The molecule has 0 aliphatic rings. The van der Waals surface area contributed by atoms with Gasteiger partial charge >= 0.3 is 0 Å². The van der Waals surface area contributed by atoms with E-state index in [9.17, 15) is 0 Å². The van der Waals surface area contributed by atoms with Crippen LogP contribution in [-0.4, -0.2) is 4.98 Å². The van der Waals surface area contributed by atoms with Crippen molar-refractivity contribution in [1.82, 2.24) is 4.98 Å². The van der Waals surface area contributed by atoms with Gasteiger partial charge in [-0.3, -0.25) is 0 Å². The molecular formula is C15H13BrN2S. The molecule has 0 fully saturated rings. The normalized spacial score (nSPS) is 10.9. The molecule has 0 atom stereocenters. The van der Waals surface area contributed by atoms with Crippen molar-refractivity contribution in [2.45, 2.75) is 13.8 Å². The molecule has 0 bridgehead atoms. The molecule has 0 saturated heterocycles. The summed E-state index contributed by atoms with van der Waals surface area (Å²) in [5.74, 6) is 0. The first kappa shape index (κ1) is 12.6. The Labute approximate surface area is 124 Å². The standard InChI is InChI=1S/C15H13BrN2S/c1-9-7-10(2)14(11(16)8-9)18-15-17-12-5-3-4-6-13(12)19-15/h3-8H,1-2H3,(H,17,18). The van der Waals surface area contributed by atoms with E-state index >= 15 is 0 Å². The second kappa shape index (κ2) is 4.94. The van der Waals surface area contributed by atoms with Crippen molar-refractivity contribution in [1.29, 1.82) is 0 Å². The fraction of sp³-hybridized carbons (Fsp3) is 0.133. The summed E-state index contributed by atoms with van der Waals surface area (Å²) in [6.45, 7) is 4.20. The highest BCUT2D eigenvalue weighted by atomic mass is 79.9. The van der Waals surface area contributed by atoms with Crippen LogP contribution in [0.25, 0.3) is 10.2 Å². The van der Waals surface area contributed by atoms with Crippen LogP contribution in [0.5, 0.6) is 0 Å². The highest BCUT2D eigenvalue weighted by molar-refractivity contribution is 9.10. The minimum Gasteiger partial charge on any atom is -0.330 e. The maximum atomic E-state index is 4.60. The second-order valence-corrected chi connectivity index (χ2v) is 6.44. The molecule has 1 aromatic heterocycles. The van der Waals surface area contributed by atoms with Crippen LogP contribution in [0.15, 0.2) is 40.9 Å². The predicted octanol–water partition coefficient (Wildman–Crippen LogP) is 5.42. The summed E-state index contributed by atoms with van der Waals surface area (Å²) in [6.07, 6.45) is 0. The third-order valence-electron chi connectivity index (χ3n) is 2.96. The highest BCUT2D eigenvalue weighted by Crippen LogP contribution is 2.33. The lowest BCUT2D eigenvalue weighted by Gasteiger charge is -2.10. The molecule has 3 aromatic rings. The zero-order valence-corrected chi connectivity index (χ0v) is 13.1. The molecule has 1 N–H and O–H groups in total. The molecule has 2 nitrogen and oxygen atoms in total.